The second-order valence-corrected chi connectivity index (χ2v) is 6.47. The van der Waals surface area contributed by atoms with Crippen LogP contribution in [-0.2, 0) is 11.2 Å². The summed E-state index contributed by atoms with van der Waals surface area (Å²) in [6.45, 7) is 2.66. The SMILES string of the molecule is CCc1ccc(N2C[C@H](c3noc(-c4ccc(OC)nc4)n3)CC2=O)cc1. The number of ether oxygens (including phenoxy) is 1. The molecule has 138 valence electrons. The fourth-order valence-corrected chi connectivity index (χ4v) is 3.19. The number of hydrogen-bond acceptors (Lipinski definition) is 6. The predicted molar refractivity (Wildman–Crippen MR) is 99.6 cm³/mol. The van der Waals surface area contributed by atoms with E-state index in [0.717, 1.165) is 12.1 Å². The Bertz CT molecular complexity index is 935. The Balaban J connectivity index is 1.51. The lowest BCUT2D eigenvalue weighted by atomic mass is 10.1. The lowest BCUT2D eigenvalue weighted by Gasteiger charge is -2.16. The van der Waals surface area contributed by atoms with E-state index >= 15 is 0 Å². The van der Waals surface area contributed by atoms with Crippen molar-refractivity contribution in [2.75, 3.05) is 18.6 Å². The van der Waals surface area contributed by atoms with Crippen molar-refractivity contribution < 1.29 is 14.1 Å². The van der Waals surface area contributed by atoms with Gasteiger partial charge in [-0.3, -0.25) is 4.79 Å². The van der Waals surface area contributed by atoms with Gasteiger partial charge in [-0.2, -0.15) is 4.98 Å². The van der Waals surface area contributed by atoms with Gasteiger partial charge >= 0.3 is 0 Å². The zero-order valence-electron chi connectivity index (χ0n) is 15.3. The molecule has 0 aliphatic carbocycles. The van der Waals surface area contributed by atoms with Crippen molar-refractivity contribution in [2.24, 2.45) is 0 Å². The number of nitrogens with zero attached hydrogens (tertiary/aromatic N) is 4. The molecular weight excluding hydrogens is 344 g/mol. The van der Waals surface area contributed by atoms with Gasteiger partial charge in [0.1, 0.15) is 0 Å². The van der Waals surface area contributed by atoms with Crippen LogP contribution in [0.4, 0.5) is 5.69 Å². The van der Waals surface area contributed by atoms with Crippen LogP contribution in [-0.4, -0.2) is 34.7 Å². The van der Waals surface area contributed by atoms with Gasteiger partial charge in [0.05, 0.1) is 12.7 Å². The van der Waals surface area contributed by atoms with E-state index in [1.807, 2.05) is 18.2 Å². The Morgan fingerprint density at radius 1 is 1.22 bits per heavy atom. The maximum Gasteiger partial charge on any atom is 0.259 e. The lowest BCUT2D eigenvalue weighted by Crippen LogP contribution is -2.24. The molecule has 0 unspecified atom stereocenters. The number of pyridine rings is 1. The molecule has 7 nitrogen and oxygen atoms in total. The third-order valence-electron chi connectivity index (χ3n) is 4.78. The van der Waals surface area contributed by atoms with Crippen molar-refractivity contribution in [1.82, 2.24) is 15.1 Å². The summed E-state index contributed by atoms with van der Waals surface area (Å²) < 4.78 is 10.4. The van der Waals surface area contributed by atoms with Gasteiger partial charge in [0, 0.05) is 36.8 Å². The van der Waals surface area contributed by atoms with Crippen LogP contribution in [0.3, 0.4) is 0 Å². The molecule has 7 heteroatoms. The summed E-state index contributed by atoms with van der Waals surface area (Å²) in [6, 6.07) is 11.6. The first kappa shape index (κ1) is 17.2. The molecule has 2 aromatic heterocycles. The number of carbonyl (C=O) groups excluding carboxylic acids is 1. The minimum absolute atomic E-state index is 0.0710. The first-order chi connectivity index (χ1) is 13.2. The standard InChI is InChI=1S/C20H20N4O3/c1-3-13-4-7-16(8-5-13)24-12-15(10-18(24)25)19-22-20(27-23-19)14-6-9-17(26-2)21-11-14/h4-9,11,15H,3,10,12H2,1-2H3/t15-/m1/s1. The normalized spacial score (nSPS) is 16.7. The fourth-order valence-electron chi connectivity index (χ4n) is 3.19. The van der Waals surface area contributed by atoms with E-state index in [2.05, 4.69) is 34.2 Å². The number of carbonyl (C=O) groups is 1. The van der Waals surface area contributed by atoms with E-state index in [1.165, 1.54) is 5.56 Å². The van der Waals surface area contributed by atoms with Crippen molar-refractivity contribution in [1.29, 1.82) is 0 Å². The minimum Gasteiger partial charge on any atom is -0.481 e. The number of anilines is 1. The molecule has 0 bridgehead atoms. The molecule has 27 heavy (non-hydrogen) atoms. The zero-order chi connectivity index (χ0) is 18.8. The number of amides is 1. The molecule has 1 aliphatic rings. The van der Waals surface area contributed by atoms with E-state index in [4.69, 9.17) is 9.26 Å². The molecular formula is C20H20N4O3. The summed E-state index contributed by atoms with van der Waals surface area (Å²) >= 11 is 0. The van der Waals surface area contributed by atoms with Crippen LogP contribution in [0.5, 0.6) is 5.88 Å². The number of hydrogen-bond donors (Lipinski definition) is 0. The van der Waals surface area contributed by atoms with Crippen molar-refractivity contribution in [3.63, 3.8) is 0 Å². The van der Waals surface area contributed by atoms with Crippen LogP contribution in [0.15, 0.2) is 47.1 Å². The van der Waals surface area contributed by atoms with Crippen molar-refractivity contribution >= 4 is 11.6 Å². The molecule has 1 fully saturated rings. The van der Waals surface area contributed by atoms with Crippen LogP contribution in [0.1, 0.15) is 30.7 Å². The van der Waals surface area contributed by atoms with Crippen LogP contribution in [0.25, 0.3) is 11.5 Å². The van der Waals surface area contributed by atoms with Gasteiger partial charge in [0.25, 0.3) is 5.89 Å². The van der Waals surface area contributed by atoms with Gasteiger partial charge in [-0.25, -0.2) is 4.98 Å². The molecule has 3 heterocycles. The Morgan fingerprint density at radius 3 is 2.70 bits per heavy atom. The van der Waals surface area contributed by atoms with E-state index in [9.17, 15) is 4.79 Å². The largest absolute Gasteiger partial charge is 0.481 e. The second-order valence-electron chi connectivity index (χ2n) is 6.47. The lowest BCUT2D eigenvalue weighted by molar-refractivity contribution is -0.117. The number of aromatic nitrogens is 3. The van der Waals surface area contributed by atoms with Crippen LogP contribution < -0.4 is 9.64 Å². The Hall–Kier alpha value is -3.22. The van der Waals surface area contributed by atoms with Crippen LogP contribution in [0.2, 0.25) is 0 Å². The van der Waals surface area contributed by atoms with Crippen LogP contribution >= 0.6 is 0 Å². The van der Waals surface area contributed by atoms with Gasteiger partial charge in [0.2, 0.25) is 11.8 Å². The van der Waals surface area contributed by atoms with Crippen molar-refractivity contribution in [3.8, 4) is 17.3 Å². The highest BCUT2D eigenvalue weighted by Crippen LogP contribution is 2.31. The third kappa shape index (κ3) is 3.40. The molecule has 1 aromatic carbocycles. The number of methoxy groups -OCH3 is 1. The highest BCUT2D eigenvalue weighted by molar-refractivity contribution is 5.96. The van der Waals surface area contributed by atoms with Gasteiger partial charge in [0.15, 0.2) is 5.82 Å². The molecule has 3 aromatic rings. The molecule has 0 spiro atoms. The average molecular weight is 364 g/mol. The van der Waals surface area contributed by atoms with Crippen molar-refractivity contribution in [3.05, 3.63) is 54.0 Å². The fraction of sp³-hybridized carbons (Fsp3) is 0.300. The second kappa shape index (κ2) is 7.19. The maximum absolute atomic E-state index is 12.5. The molecule has 1 aliphatic heterocycles. The molecule has 4 rings (SSSR count). The van der Waals surface area contributed by atoms with E-state index in [1.54, 1.807) is 24.3 Å². The summed E-state index contributed by atoms with van der Waals surface area (Å²) in [5.41, 5.74) is 2.87. The van der Waals surface area contributed by atoms with Gasteiger partial charge in [-0.05, 0) is 30.2 Å². The highest BCUT2D eigenvalue weighted by atomic mass is 16.5. The predicted octanol–water partition coefficient (Wildman–Crippen LogP) is 3.22. The monoisotopic (exact) mass is 364 g/mol. The summed E-state index contributed by atoms with van der Waals surface area (Å²) in [5.74, 6) is 1.43. The van der Waals surface area contributed by atoms with E-state index in [0.29, 0.717) is 36.1 Å². The Kier molecular flexibility index (Phi) is 4.58. The molecule has 0 radical (unpaired) electrons. The van der Waals surface area contributed by atoms with E-state index < -0.39 is 0 Å². The minimum atomic E-state index is -0.0907. The Labute approximate surface area is 157 Å². The highest BCUT2D eigenvalue weighted by Gasteiger charge is 2.34. The van der Waals surface area contributed by atoms with Gasteiger partial charge in [-0.15, -0.1) is 0 Å². The summed E-state index contributed by atoms with van der Waals surface area (Å²) in [7, 11) is 1.56. The molecule has 1 amide bonds. The number of benzene rings is 1. The van der Waals surface area contributed by atoms with E-state index in [-0.39, 0.29) is 11.8 Å². The molecule has 1 saturated heterocycles. The number of aryl methyl sites for hydroxylation is 1. The molecule has 0 N–H and O–H groups in total. The average Bonchev–Trinajstić information content (AvgIpc) is 3.35. The Morgan fingerprint density at radius 2 is 2.04 bits per heavy atom. The first-order valence-electron chi connectivity index (χ1n) is 8.91. The smallest absolute Gasteiger partial charge is 0.259 e. The summed E-state index contributed by atoms with van der Waals surface area (Å²) in [5, 5.41) is 4.08. The molecule has 0 saturated carbocycles. The number of rotatable bonds is 5. The summed E-state index contributed by atoms with van der Waals surface area (Å²) in [4.78, 5) is 22.9. The summed E-state index contributed by atoms with van der Waals surface area (Å²) in [6.07, 6.45) is 2.97. The van der Waals surface area contributed by atoms with Gasteiger partial charge < -0.3 is 14.2 Å². The first-order valence-corrected chi connectivity index (χ1v) is 8.91. The zero-order valence-corrected chi connectivity index (χ0v) is 15.3. The topological polar surface area (TPSA) is 81.3 Å². The maximum atomic E-state index is 12.5. The van der Waals surface area contributed by atoms with Crippen LogP contribution in [0, 0.1) is 0 Å². The van der Waals surface area contributed by atoms with Gasteiger partial charge in [-0.1, -0.05) is 24.2 Å². The van der Waals surface area contributed by atoms with Crippen molar-refractivity contribution in [2.45, 2.75) is 25.7 Å². The quantitative estimate of drug-likeness (QED) is 0.691. The molecule has 1 atom stereocenters. The third-order valence-corrected chi connectivity index (χ3v) is 4.78.